The number of hydrogen-bond donors (Lipinski definition) is 2. The number of halogens is 3. The molecule has 3 atom stereocenters. The SMILES string of the molecule is COC(=O)[C@H]1C[C@@H](NC(=O)C2CN(c3ccc(C(F)(F)F)c4nccnc34)CC23CC3)CN1. The van der Waals surface area contributed by atoms with Crippen LogP contribution in [0.15, 0.2) is 24.5 Å². The molecule has 1 aromatic heterocycles. The first kappa shape index (κ1) is 21.9. The van der Waals surface area contributed by atoms with Gasteiger partial charge in [0.1, 0.15) is 17.1 Å². The van der Waals surface area contributed by atoms with E-state index in [1.54, 1.807) is 0 Å². The van der Waals surface area contributed by atoms with Crippen molar-refractivity contribution in [1.29, 1.82) is 0 Å². The predicted molar refractivity (Wildman–Crippen MR) is 112 cm³/mol. The highest BCUT2D eigenvalue weighted by Gasteiger charge is 2.58. The quantitative estimate of drug-likeness (QED) is 0.669. The zero-order chi connectivity index (χ0) is 23.4. The molecule has 3 aliphatic rings. The van der Waals surface area contributed by atoms with Crippen molar-refractivity contribution in [2.45, 2.75) is 37.5 Å². The van der Waals surface area contributed by atoms with Crippen LogP contribution in [0.1, 0.15) is 24.8 Å². The lowest BCUT2D eigenvalue weighted by Gasteiger charge is -2.21. The molecular formula is C22H24F3N5O3. The Morgan fingerprint density at radius 3 is 2.61 bits per heavy atom. The lowest BCUT2D eigenvalue weighted by molar-refractivity contribution is -0.142. The van der Waals surface area contributed by atoms with Gasteiger partial charge in [-0.2, -0.15) is 13.2 Å². The first-order chi connectivity index (χ1) is 15.7. The lowest BCUT2D eigenvalue weighted by Crippen LogP contribution is -2.42. The summed E-state index contributed by atoms with van der Waals surface area (Å²) in [5, 5.41) is 6.11. The number of esters is 1. The van der Waals surface area contributed by atoms with Crippen molar-refractivity contribution in [3.63, 3.8) is 0 Å². The van der Waals surface area contributed by atoms with Crippen LogP contribution in [-0.2, 0) is 20.5 Å². The van der Waals surface area contributed by atoms with Gasteiger partial charge < -0.3 is 20.3 Å². The third-order valence-corrected chi connectivity index (χ3v) is 7.07. The van der Waals surface area contributed by atoms with E-state index < -0.39 is 17.8 Å². The van der Waals surface area contributed by atoms with Gasteiger partial charge in [0, 0.05) is 43.5 Å². The lowest BCUT2D eigenvalue weighted by atomic mass is 9.92. The largest absolute Gasteiger partial charge is 0.468 e. The topological polar surface area (TPSA) is 96.5 Å². The number of methoxy groups -OCH3 is 1. The van der Waals surface area contributed by atoms with Crippen molar-refractivity contribution in [3.8, 4) is 0 Å². The Balaban J connectivity index is 1.36. The number of rotatable bonds is 4. The van der Waals surface area contributed by atoms with E-state index in [4.69, 9.17) is 4.74 Å². The van der Waals surface area contributed by atoms with Crippen LogP contribution in [0.2, 0.25) is 0 Å². The standard InChI is InChI=1S/C22H24F3N5O3/c1-33-20(32)15-8-12(9-28-15)29-19(31)14-10-30(11-21(14)4-5-21)16-3-2-13(22(23,24)25)17-18(16)27-7-6-26-17/h2-3,6-7,12,14-15,28H,4-5,8-11H2,1H3,(H,29,31)/t12-,14?,15-/m1/s1. The number of aromatic nitrogens is 2. The summed E-state index contributed by atoms with van der Waals surface area (Å²) in [6.07, 6.45) is 0.334. The third kappa shape index (κ3) is 3.88. The predicted octanol–water partition coefficient (Wildman–Crippen LogP) is 1.88. The van der Waals surface area contributed by atoms with Crippen LogP contribution in [-0.4, -0.2) is 60.7 Å². The molecule has 2 N–H and O–H groups in total. The monoisotopic (exact) mass is 463 g/mol. The van der Waals surface area contributed by atoms with Crippen LogP contribution in [0, 0.1) is 11.3 Å². The van der Waals surface area contributed by atoms with Crippen molar-refractivity contribution < 1.29 is 27.5 Å². The van der Waals surface area contributed by atoms with E-state index >= 15 is 0 Å². The molecule has 11 heteroatoms. The summed E-state index contributed by atoms with van der Waals surface area (Å²) >= 11 is 0. The second-order valence-corrected chi connectivity index (χ2v) is 9.10. The fourth-order valence-corrected chi connectivity index (χ4v) is 5.18. The van der Waals surface area contributed by atoms with E-state index in [9.17, 15) is 22.8 Å². The van der Waals surface area contributed by atoms with Gasteiger partial charge in [-0.15, -0.1) is 0 Å². The average molecular weight is 463 g/mol. The van der Waals surface area contributed by atoms with E-state index in [1.165, 1.54) is 25.6 Å². The van der Waals surface area contributed by atoms with Gasteiger partial charge in [-0.25, -0.2) is 0 Å². The van der Waals surface area contributed by atoms with Crippen molar-refractivity contribution in [1.82, 2.24) is 20.6 Å². The molecule has 3 fully saturated rings. The highest BCUT2D eigenvalue weighted by molar-refractivity contribution is 5.92. The van der Waals surface area contributed by atoms with Gasteiger partial charge >= 0.3 is 12.1 Å². The molecule has 2 aromatic rings. The molecule has 33 heavy (non-hydrogen) atoms. The first-order valence-corrected chi connectivity index (χ1v) is 10.9. The number of hydrogen-bond acceptors (Lipinski definition) is 7. The molecule has 2 aliphatic heterocycles. The molecule has 0 bridgehead atoms. The van der Waals surface area contributed by atoms with Crippen LogP contribution in [0.4, 0.5) is 18.9 Å². The summed E-state index contributed by atoms with van der Waals surface area (Å²) in [4.78, 5) is 35.0. The minimum Gasteiger partial charge on any atom is -0.468 e. The molecule has 1 spiro atoms. The maximum absolute atomic E-state index is 13.5. The summed E-state index contributed by atoms with van der Waals surface area (Å²) < 4.78 is 45.1. The van der Waals surface area contributed by atoms with E-state index in [1.807, 2.05) is 4.90 Å². The molecule has 1 aliphatic carbocycles. The molecule has 3 heterocycles. The number of alkyl halides is 3. The first-order valence-electron chi connectivity index (χ1n) is 10.9. The van der Waals surface area contributed by atoms with Gasteiger partial charge in [-0.1, -0.05) is 0 Å². The molecule has 1 aromatic carbocycles. The van der Waals surface area contributed by atoms with Gasteiger partial charge in [0.05, 0.1) is 24.3 Å². The third-order valence-electron chi connectivity index (χ3n) is 7.07. The molecule has 2 saturated heterocycles. The van der Waals surface area contributed by atoms with E-state index in [2.05, 4.69) is 20.6 Å². The number of benzene rings is 1. The van der Waals surface area contributed by atoms with Gasteiger partial charge in [0.2, 0.25) is 5.91 Å². The zero-order valence-corrected chi connectivity index (χ0v) is 18.0. The van der Waals surface area contributed by atoms with E-state index in [-0.39, 0.29) is 40.3 Å². The summed E-state index contributed by atoms with van der Waals surface area (Å²) in [7, 11) is 1.33. The maximum atomic E-state index is 13.5. The smallest absolute Gasteiger partial charge is 0.418 e. The second kappa shape index (κ2) is 7.82. The fraction of sp³-hybridized carbons (Fsp3) is 0.545. The summed E-state index contributed by atoms with van der Waals surface area (Å²) in [6, 6.07) is 1.85. The fourth-order valence-electron chi connectivity index (χ4n) is 5.18. The van der Waals surface area contributed by atoms with Gasteiger partial charge in [-0.05, 0) is 31.4 Å². The van der Waals surface area contributed by atoms with Gasteiger partial charge in [0.25, 0.3) is 0 Å². The van der Waals surface area contributed by atoms with Gasteiger partial charge in [-0.3, -0.25) is 19.6 Å². The summed E-state index contributed by atoms with van der Waals surface area (Å²) in [6.45, 7) is 1.45. The van der Waals surface area contributed by atoms with Crippen LogP contribution >= 0.6 is 0 Å². The van der Waals surface area contributed by atoms with Crippen LogP contribution in [0.3, 0.4) is 0 Å². The minimum absolute atomic E-state index is 0.0883. The molecule has 1 saturated carbocycles. The number of anilines is 1. The van der Waals surface area contributed by atoms with Crippen molar-refractivity contribution in [2.24, 2.45) is 11.3 Å². The summed E-state index contributed by atoms with van der Waals surface area (Å²) in [5.74, 6) is -0.731. The van der Waals surface area contributed by atoms with Crippen molar-refractivity contribution in [3.05, 3.63) is 30.1 Å². The Bertz CT molecular complexity index is 1100. The molecular weight excluding hydrogens is 439 g/mol. The van der Waals surface area contributed by atoms with Gasteiger partial charge in [0.15, 0.2) is 0 Å². The average Bonchev–Trinajstić information content (AvgIpc) is 3.23. The molecule has 1 amide bonds. The number of nitrogens with one attached hydrogen (secondary N) is 2. The zero-order valence-electron chi connectivity index (χ0n) is 18.0. The van der Waals surface area contributed by atoms with Crippen LogP contribution in [0.25, 0.3) is 11.0 Å². The number of fused-ring (bicyclic) bond motifs is 1. The highest BCUT2D eigenvalue weighted by Crippen LogP contribution is 2.57. The van der Waals surface area contributed by atoms with E-state index in [0.717, 1.165) is 18.9 Å². The van der Waals surface area contributed by atoms with Crippen molar-refractivity contribution >= 4 is 28.6 Å². The van der Waals surface area contributed by atoms with E-state index in [0.29, 0.717) is 31.7 Å². The Labute approximate surface area is 187 Å². The Morgan fingerprint density at radius 2 is 1.94 bits per heavy atom. The Kier molecular flexibility index (Phi) is 5.19. The number of ether oxygens (including phenoxy) is 1. The molecule has 1 unspecified atom stereocenters. The maximum Gasteiger partial charge on any atom is 0.418 e. The minimum atomic E-state index is -4.53. The Hall–Kier alpha value is -2.95. The number of carbonyl (C=O) groups excluding carboxylic acids is 2. The molecule has 5 rings (SSSR count). The molecule has 176 valence electrons. The number of carbonyl (C=O) groups is 2. The number of nitrogens with zero attached hydrogens (tertiary/aromatic N) is 3. The summed E-state index contributed by atoms with van der Waals surface area (Å²) in [5.41, 5.74) is -0.454. The molecule has 8 nitrogen and oxygen atoms in total. The van der Waals surface area contributed by atoms with Crippen LogP contribution < -0.4 is 15.5 Å². The normalized spacial score (nSPS) is 26.1. The number of amides is 1. The second-order valence-electron chi connectivity index (χ2n) is 9.10. The van der Waals surface area contributed by atoms with Crippen LogP contribution in [0.5, 0.6) is 0 Å². The van der Waals surface area contributed by atoms with Crippen molar-refractivity contribution in [2.75, 3.05) is 31.6 Å². The molecule has 0 radical (unpaired) electrons. The Morgan fingerprint density at radius 1 is 1.21 bits per heavy atom. The highest BCUT2D eigenvalue weighted by atomic mass is 19.4.